The Morgan fingerprint density at radius 3 is 2.21 bits per heavy atom. The Labute approximate surface area is 121 Å². The number of methoxy groups -OCH3 is 1. The van der Waals surface area contributed by atoms with Crippen LogP contribution >= 0.6 is 15.9 Å². The Bertz CT molecular complexity index is 534. The second kappa shape index (κ2) is 6.53. The predicted octanol–water partition coefficient (Wildman–Crippen LogP) is 3.83. The van der Waals surface area contributed by atoms with Crippen molar-refractivity contribution in [1.82, 2.24) is 0 Å². The molecule has 0 aromatic heterocycles. The van der Waals surface area contributed by atoms with Crippen molar-refractivity contribution in [3.63, 3.8) is 0 Å². The van der Waals surface area contributed by atoms with Gasteiger partial charge in [-0.15, -0.1) is 0 Å². The lowest BCUT2D eigenvalue weighted by Gasteiger charge is -2.08. The third-order valence-corrected chi connectivity index (χ3v) is 3.63. The summed E-state index contributed by atoms with van der Waals surface area (Å²) in [6.45, 7) is 0. The summed E-state index contributed by atoms with van der Waals surface area (Å²) in [7, 11) is 1.40. The quantitative estimate of drug-likeness (QED) is 0.632. The zero-order chi connectivity index (χ0) is 13.7. The van der Waals surface area contributed by atoms with Crippen LogP contribution < -0.4 is 0 Å². The van der Waals surface area contributed by atoms with E-state index in [0.717, 1.165) is 5.56 Å². The molecule has 0 bridgehead atoms. The van der Waals surface area contributed by atoms with Gasteiger partial charge in [0.05, 0.1) is 7.11 Å². The molecule has 0 aliphatic rings. The molecule has 0 N–H and O–H groups in total. The first-order valence-corrected chi connectivity index (χ1v) is 6.98. The Hall–Kier alpha value is -1.61. The lowest BCUT2D eigenvalue weighted by molar-refractivity contribution is -0.139. The molecule has 0 radical (unpaired) electrons. The maximum Gasteiger partial charge on any atom is 0.319 e. The van der Waals surface area contributed by atoms with Crippen LogP contribution in [0.4, 0.5) is 0 Å². The van der Waals surface area contributed by atoms with Crippen molar-refractivity contribution in [3.8, 4) is 11.1 Å². The van der Waals surface area contributed by atoms with E-state index in [1.807, 2.05) is 30.3 Å². The fourth-order valence-electron chi connectivity index (χ4n) is 1.88. The monoisotopic (exact) mass is 318 g/mol. The van der Waals surface area contributed by atoms with Gasteiger partial charge in [-0.25, -0.2) is 0 Å². The number of halogens is 1. The molecule has 0 saturated carbocycles. The summed E-state index contributed by atoms with van der Waals surface area (Å²) in [5.41, 5.74) is 3.47. The van der Waals surface area contributed by atoms with E-state index in [1.165, 1.54) is 18.2 Å². The molecule has 98 valence electrons. The van der Waals surface area contributed by atoms with Gasteiger partial charge in [-0.2, -0.15) is 0 Å². The number of hydrogen-bond acceptors (Lipinski definition) is 2. The van der Waals surface area contributed by atoms with Crippen molar-refractivity contribution in [3.05, 3.63) is 60.2 Å². The fraction of sp³-hybridized carbons (Fsp3) is 0.188. The number of benzene rings is 2. The van der Waals surface area contributed by atoms with Crippen LogP contribution in [0.15, 0.2) is 54.6 Å². The maximum absolute atomic E-state index is 11.3. The molecule has 2 aromatic rings. The van der Waals surface area contributed by atoms with Gasteiger partial charge in [-0.1, -0.05) is 70.5 Å². The molecule has 2 rings (SSSR count). The molecule has 0 heterocycles. The van der Waals surface area contributed by atoms with Gasteiger partial charge >= 0.3 is 5.97 Å². The van der Waals surface area contributed by atoms with Gasteiger partial charge in [0.25, 0.3) is 0 Å². The van der Waals surface area contributed by atoms with Crippen LogP contribution in [0.2, 0.25) is 0 Å². The van der Waals surface area contributed by atoms with Crippen molar-refractivity contribution in [2.24, 2.45) is 0 Å². The van der Waals surface area contributed by atoms with Crippen LogP contribution in [-0.2, 0) is 16.0 Å². The minimum atomic E-state index is -0.292. The molecule has 0 spiro atoms. The average molecular weight is 319 g/mol. The van der Waals surface area contributed by atoms with Gasteiger partial charge in [0.15, 0.2) is 0 Å². The summed E-state index contributed by atoms with van der Waals surface area (Å²) in [6, 6.07) is 18.4. The summed E-state index contributed by atoms with van der Waals surface area (Å²) in [5.74, 6) is -0.243. The van der Waals surface area contributed by atoms with Gasteiger partial charge in [-0.3, -0.25) is 4.79 Å². The SMILES string of the molecule is COC(=O)C(Br)Cc1ccc(-c2ccccc2)cc1. The minimum Gasteiger partial charge on any atom is -0.468 e. The molecule has 1 unspecified atom stereocenters. The first kappa shape index (κ1) is 13.8. The third kappa shape index (κ3) is 3.67. The summed E-state index contributed by atoms with van der Waals surface area (Å²) < 4.78 is 4.69. The Morgan fingerprint density at radius 1 is 1.05 bits per heavy atom. The minimum absolute atomic E-state index is 0.243. The van der Waals surface area contributed by atoms with E-state index >= 15 is 0 Å². The van der Waals surface area contributed by atoms with E-state index < -0.39 is 0 Å². The van der Waals surface area contributed by atoms with Gasteiger partial charge < -0.3 is 4.74 Å². The van der Waals surface area contributed by atoms with Crippen molar-refractivity contribution >= 4 is 21.9 Å². The van der Waals surface area contributed by atoms with Crippen LogP contribution in [-0.4, -0.2) is 17.9 Å². The first-order valence-electron chi connectivity index (χ1n) is 6.07. The topological polar surface area (TPSA) is 26.3 Å². The number of carbonyl (C=O) groups is 1. The summed E-state index contributed by atoms with van der Waals surface area (Å²) in [5, 5.41) is 0. The largest absolute Gasteiger partial charge is 0.468 e. The van der Waals surface area contributed by atoms with Crippen LogP contribution in [0, 0.1) is 0 Å². The van der Waals surface area contributed by atoms with E-state index in [4.69, 9.17) is 4.74 Å². The fourth-order valence-corrected chi connectivity index (χ4v) is 2.44. The highest BCUT2D eigenvalue weighted by Crippen LogP contribution is 2.20. The van der Waals surface area contributed by atoms with Crippen LogP contribution in [0.3, 0.4) is 0 Å². The predicted molar refractivity (Wildman–Crippen MR) is 80.3 cm³/mol. The number of alkyl halides is 1. The Morgan fingerprint density at radius 2 is 1.63 bits per heavy atom. The molecule has 1 atom stereocenters. The summed E-state index contributed by atoms with van der Waals surface area (Å²) >= 11 is 3.33. The number of hydrogen-bond donors (Lipinski definition) is 0. The first-order chi connectivity index (χ1) is 9.20. The molecule has 0 amide bonds. The molecule has 0 fully saturated rings. The van der Waals surface area contributed by atoms with Gasteiger partial charge in [0.1, 0.15) is 4.83 Å². The molecular weight excluding hydrogens is 304 g/mol. The van der Waals surface area contributed by atoms with Crippen LogP contribution in [0.5, 0.6) is 0 Å². The van der Waals surface area contributed by atoms with Crippen molar-refractivity contribution < 1.29 is 9.53 Å². The van der Waals surface area contributed by atoms with E-state index in [0.29, 0.717) is 6.42 Å². The molecule has 19 heavy (non-hydrogen) atoms. The maximum atomic E-state index is 11.3. The molecule has 3 heteroatoms. The van der Waals surface area contributed by atoms with Gasteiger partial charge in [0.2, 0.25) is 0 Å². The Balaban J connectivity index is 2.09. The van der Waals surface area contributed by atoms with E-state index in [2.05, 4.69) is 40.2 Å². The van der Waals surface area contributed by atoms with E-state index in [9.17, 15) is 4.79 Å². The van der Waals surface area contributed by atoms with E-state index in [1.54, 1.807) is 0 Å². The van der Waals surface area contributed by atoms with Gasteiger partial charge in [0, 0.05) is 0 Å². The highest BCUT2D eigenvalue weighted by molar-refractivity contribution is 9.10. The molecular formula is C16H15BrO2. The average Bonchev–Trinajstić information content (AvgIpc) is 2.48. The second-order valence-electron chi connectivity index (χ2n) is 4.26. The zero-order valence-electron chi connectivity index (χ0n) is 10.7. The number of carbonyl (C=O) groups excluding carboxylic acids is 1. The third-order valence-electron chi connectivity index (χ3n) is 2.93. The highest BCUT2D eigenvalue weighted by Gasteiger charge is 2.15. The van der Waals surface area contributed by atoms with Crippen molar-refractivity contribution in [2.75, 3.05) is 7.11 Å². The highest BCUT2D eigenvalue weighted by atomic mass is 79.9. The number of rotatable bonds is 4. The van der Waals surface area contributed by atoms with Crippen LogP contribution in [0.1, 0.15) is 5.56 Å². The molecule has 0 aliphatic carbocycles. The van der Waals surface area contributed by atoms with Crippen LogP contribution in [0.25, 0.3) is 11.1 Å². The summed E-state index contributed by atoms with van der Waals surface area (Å²) in [6.07, 6.45) is 0.627. The molecule has 0 saturated heterocycles. The standard InChI is InChI=1S/C16H15BrO2/c1-19-16(18)15(17)11-12-7-9-14(10-8-12)13-5-3-2-4-6-13/h2-10,15H,11H2,1H3. The van der Waals surface area contributed by atoms with Gasteiger partial charge in [-0.05, 0) is 23.1 Å². The lowest BCUT2D eigenvalue weighted by atomic mass is 10.0. The molecule has 2 nitrogen and oxygen atoms in total. The molecule has 2 aromatic carbocycles. The smallest absolute Gasteiger partial charge is 0.319 e. The second-order valence-corrected chi connectivity index (χ2v) is 5.36. The van der Waals surface area contributed by atoms with Crippen molar-refractivity contribution in [1.29, 1.82) is 0 Å². The normalized spacial score (nSPS) is 11.9. The van der Waals surface area contributed by atoms with Crippen molar-refractivity contribution in [2.45, 2.75) is 11.2 Å². The number of ether oxygens (including phenoxy) is 1. The zero-order valence-corrected chi connectivity index (χ0v) is 12.3. The summed E-state index contributed by atoms with van der Waals surface area (Å²) in [4.78, 5) is 11.0. The molecule has 0 aliphatic heterocycles. The Kier molecular flexibility index (Phi) is 4.74. The number of esters is 1. The van der Waals surface area contributed by atoms with E-state index in [-0.39, 0.29) is 10.8 Å². The lowest BCUT2D eigenvalue weighted by Crippen LogP contribution is -2.17.